The van der Waals surface area contributed by atoms with E-state index in [2.05, 4.69) is 207 Å². The highest BCUT2D eigenvalue weighted by Gasteiger charge is 2.34. The van der Waals surface area contributed by atoms with Gasteiger partial charge in [-0.25, -0.2) is 0 Å². The van der Waals surface area contributed by atoms with Gasteiger partial charge in [0, 0.05) is 44.3 Å². The molecule has 13 rings (SSSR count). The van der Waals surface area contributed by atoms with E-state index in [1.54, 1.807) is 0 Å². The lowest BCUT2D eigenvalue weighted by molar-refractivity contribution is 0.668. The number of aryl methyl sites for hydroxylation is 4. The Morgan fingerprint density at radius 3 is 1.06 bits per heavy atom. The Kier molecular flexibility index (Phi) is 7.83. The van der Waals surface area contributed by atoms with Gasteiger partial charge in [0.05, 0.1) is 11.4 Å². The summed E-state index contributed by atoms with van der Waals surface area (Å²) < 4.78 is 13.3. The first-order valence-electron chi connectivity index (χ1n) is 22.1. The van der Waals surface area contributed by atoms with Crippen LogP contribution in [0.5, 0.6) is 0 Å². The number of nitrogens with zero attached hydrogens (tertiary/aromatic N) is 2. The molecule has 0 aliphatic heterocycles. The molecule has 0 atom stereocenters. The average Bonchev–Trinajstić information content (AvgIpc) is 3.91. The van der Waals surface area contributed by atoms with E-state index in [1.807, 2.05) is 12.1 Å². The standard InChI is InChI=1S/C60H42N2O2/c1-35-43-31-29-41(61(39-17-7-5-8-18-39)51-25-15-23-47-45-21-11-13-27-53(45)63-59(47)51)33-49(43)37(3)57-55(35)58-38(4)50-34-42(30-32-44(50)36(2)56(57)58)62(40-19-9-6-10-20-40)52-26-16-24-48-46-22-12-14-28-54(46)64-60(48)52/h5-34H,1-4H3. The molecule has 0 spiro atoms. The van der Waals surface area contributed by atoms with Gasteiger partial charge in [0.15, 0.2) is 11.2 Å². The van der Waals surface area contributed by atoms with E-state index in [4.69, 9.17) is 8.83 Å². The Labute approximate surface area is 370 Å². The minimum atomic E-state index is 0.881. The molecule has 0 saturated heterocycles. The first-order valence-corrected chi connectivity index (χ1v) is 22.1. The second-order valence-electron chi connectivity index (χ2n) is 17.3. The molecule has 2 aromatic heterocycles. The third kappa shape index (κ3) is 5.11. The lowest BCUT2D eigenvalue weighted by Crippen LogP contribution is -2.12. The van der Waals surface area contributed by atoms with Crippen molar-refractivity contribution in [2.75, 3.05) is 9.80 Å². The molecule has 0 unspecified atom stereocenters. The van der Waals surface area contributed by atoms with E-state index < -0.39 is 0 Å². The molecule has 4 nitrogen and oxygen atoms in total. The molecule has 0 amide bonds. The summed E-state index contributed by atoms with van der Waals surface area (Å²) in [7, 11) is 0. The largest absolute Gasteiger partial charge is 0.454 e. The zero-order valence-electron chi connectivity index (χ0n) is 36.0. The van der Waals surface area contributed by atoms with Gasteiger partial charge in [-0.05, 0) is 167 Å². The lowest BCUT2D eigenvalue weighted by Gasteiger charge is -2.35. The molecule has 10 aromatic carbocycles. The smallest absolute Gasteiger partial charge is 0.159 e. The summed E-state index contributed by atoms with van der Waals surface area (Å²) in [5.74, 6) is 0. The van der Waals surface area contributed by atoms with Crippen LogP contribution in [-0.4, -0.2) is 0 Å². The summed E-state index contributed by atoms with van der Waals surface area (Å²) in [5.41, 5.74) is 20.7. The molecule has 0 fully saturated rings. The summed E-state index contributed by atoms with van der Waals surface area (Å²) in [6.45, 7) is 9.26. The van der Waals surface area contributed by atoms with Crippen molar-refractivity contribution in [1.82, 2.24) is 0 Å². The molecule has 64 heavy (non-hydrogen) atoms. The van der Waals surface area contributed by atoms with Crippen molar-refractivity contribution in [2.24, 2.45) is 0 Å². The Bertz CT molecular complexity index is 3630. The molecule has 0 radical (unpaired) electrons. The van der Waals surface area contributed by atoms with Crippen molar-refractivity contribution in [1.29, 1.82) is 0 Å². The molecule has 0 bridgehead atoms. The van der Waals surface area contributed by atoms with Gasteiger partial charge in [0.25, 0.3) is 0 Å². The van der Waals surface area contributed by atoms with Crippen LogP contribution >= 0.6 is 0 Å². The SMILES string of the molecule is Cc1c2c(c(C)c3cc(N(c4ccccc4)c4cccc5c4oc4ccccc45)ccc13)-c1c-2c(C)c2cc(N(c3ccccc3)c3cccc4c3oc3ccccc34)ccc2c1C. The van der Waals surface area contributed by atoms with Crippen molar-refractivity contribution in [3.8, 4) is 22.3 Å². The van der Waals surface area contributed by atoms with Crippen LogP contribution in [0.3, 0.4) is 0 Å². The number of benzene rings is 10. The Morgan fingerprint density at radius 2 is 0.641 bits per heavy atom. The van der Waals surface area contributed by atoms with Crippen molar-refractivity contribution in [3.05, 3.63) is 204 Å². The van der Waals surface area contributed by atoms with Crippen LogP contribution in [0.25, 0.3) is 87.7 Å². The summed E-state index contributed by atoms with van der Waals surface area (Å²) in [4.78, 5) is 4.69. The van der Waals surface area contributed by atoms with Gasteiger partial charge in [0.1, 0.15) is 11.2 Å². The quantitative estimate of drug-likeness (QED) is 0.167. The van der Waals surface area contributed by atoms with E-state index in [-0.39, 0.29) is 0 Å². The fourth-order valence-electron chi connectivity index (χ4n) is 10.9. The fraction of sp³-hybridized carbons (Fsp3) is 0.0667. The van der Waals surface area contributed by atoms with Gasteiger partial charge >= 0.3 is 0 Å². The van der Waals surface area contributed by atoms with E-state index in [1.165, 1.54) is 66.1 Å². The second kappa shape index (κ2) is 13.7. The number of anilines is 6. The maximum absolute atomic E-state index is 6.63. The van der Waals surface area contributed by atoms with Gasteiger partial charge in [-0.15, -0.1) is 0 Å². The van der Waals surface area contributed by atoms with Crippen LogP contribution in [0, 0.1) is 27.7 Å². The van der Waals surface area contributed by atoms with E-state index in [0.717, 1.165) is 78.0 Å². The molecule has 2 heterocycles. The second-order valence-corrected chi connectivity index (χ2v) is 17.3. The molecule has 12 aromatic rings. The van der Waals surface area contributed by atoms with E-state index >= 15 is 0 Å². The maximum Gasteiger partial charge on any atom is 0.159 e. The summed E-state index contributed by atoms with van der Waals surface area (Å²) in [5, 5.41) is 9.56. The topological polar surface area (TPSA) is 32.8 Å². The third-order valence-electron chi connectivity index (χ3n) is 13.9. The predicted molar refractivity (Wildman–Crippen MR) is 269 cm³/mol. The van der Waals surface area contributed by atoms with Gasteiger partial charge in [0.2, 0.25) is 0 Å². The predicted octanol–water partition coefficient (Wildman–Crippen LogP) is 17.6. The van der Waals surface area contributed by atoms with Gasteiger partial charge < -0.3 is 18.6 Å². The van der Waals surface area contributed by atoms with Gasteiger partial charge in [-0.3, -0.25) is 0 Å². The molecule has 1 aliphatic rings. The zero-order chi connectivity index (χ0) is 42.8. The van der Waals surface area contributed by atoms with Crippen LogP contribution in [0.4, 0.5) is 34.1 Å². The first kappa shape index (κ1) is 36.6. The number of hydrogen-bond donors (Lipinski definition) is 0. The van der Waals surface area contributed by atoms with Crippen molar-refractivity contribution in [3.63, 3.8) is 0 Å². The highest BCUT2D eigenvalue weighted by atomic mass is 16.3. The number of rotatable bonds is 6. The number of fused-ring (bicyclic) bond motifs is 12. The molecular formula is C60H42N2O2. The van der Waals surface area contributed by atoms with Crippen LogP contribution in [-0.2, 0) is 0 Å². The zero-order valence-corrected chi connectivity index (χ0v) is 36.0. The highest BCUT2D eigenvalue weighted by molar-refractivity contribution is 6.20. The Hall–Kier alpha value is -8.08. The molecule has 0 saturated carbocycles. The minimum Gasteiger partial charge on any atom is -0.454 e. The van der Waals surface area contributed by atoms with Crippen LogP contribution in [0.1, 0.15) is 22.3 Å². The number of furan rings is 2. The normalized spacial score (nSPS) is 12.1. The van der Waals surface area contributed by atoms with Crippen LogP contribution < -0.4 is 9.80 Å². The summed E-state index contributed by atoms with van der Waals surface area (Å²) >= 11 is 0. The lowest BCUT2D eigenvalue weighted by atomic mass is 9.69. The van der Waals surface area contributed by atoms with Gasteiger partial charge in [-0.1, -0.05) is 109 Å². The van der Waals surface area contributed by atoms with E-state index in [9.17, 15) is 0 Å². The molecule has 304 valence electrons. The highest BCUT2D eigenvalue weighted by Crippen LogP contribution is 2.59. The van der Waals surface area contributed by atoms with Crippen LogP contribution in [0.2, 0.25) is 0 Å². The van der Waals surface area contributed by atoms with E-state index in [0.29, 0.717) is 0 Å². The van der Waals surface area contributed by atoms with Crippen LogP contribution in [0.15, 0.2) is 191 Å². The maximum atomic E-state index is 6.63. The minimum absolute atomic E-state index is 0.881. The summed E-state index contributed by atoms with van der Waals surface area (Å²) in [6.07, 6.45) is 0. The van der Waals surface area contributed by atoms with Crippen molar-refractivity contribution in [2.45, 2.75) is 27.7 Å². The monoisotopic (exact) mass is 822 g/mol. The number of hydrogen-bond acceptors (Lipinski definition) is 4. The number of para-hydroxylation sites is 6. The Balaban J connectivity index is 0.972. The first-order chi connectivity index (χ1) is 31.4. The summed E-state index contributed by atoms with van der Waals surface area (Å²) in [6, 6.07) is 64.9. The third-order valence-corrected chi connectivity index (χ3v) is 13.9. The molecular weight excluding hydrogens is 781 g/mol. The molecule has 4 heteroatoms. The van der Waals surface area contributed by atoms with Gasteiger partial charge in [-0.2, -0.15) is 0 Å². The average molecular weight is 823 g/mol. The fourth-order valence-corrected chi connectivity index (χ4v) is 10.9. The molecule has 1 aliphatic carbocycles. The van der Waals surface area contributed by atoms with Crippen molar-refractivity contribution >= 4 is 99.5 Å². The van der Waals surface area contributed by atoms with Crippen molar-refractivity contribution < 1.29 is 8.83 Å². The molecule has 0 N–H and O–H groups in total. The Morgan fingerprint density at radius 1 is 0.281 bits per heavy atom.